The second kappa shape index (κ2) is 4.14. The van der Waals surface area contributed by atoms with Gasteiger partial charge >= 0.3 is 0 Å². The summed E-state index contributed by atoms with van der Waals surface area (Å²) in [6.45, 7) is 6.87. The molecular formula is C11H18N4. The minimum Gasteiger partial charge on any atom is -0.341 e. The van der Waals surface area contributed by atoms with Crippen molar-refractivity contribution in [1.29, 1.82) is 0 Å². The van der Waals surface area contributed by atoms with Crippen molar-refractivity contribution in [2.45, 2.75) is 26.8 Å². The van der Waals surface area contributed by atoms with Crippen molar-refractivity contribution < 1.29 is 0 Å². The molecule has 0 saturated carbocycles. The van der Waals surface area contributed by atoms with Crippen molar-refractivity contribution in [2.24, 2.45) is 11.7 Å². The highest BCUT2D eigenvalue weighted by Crippen LogP contribution is 2.20. The third-order valence-electron chi connectivity index (χ3n) is 2.81. The van der Waals surface area contributed by atoms with Crippen LogP contribution in [0.3, 0.4) is 0 Å². The van der Waals surface area contributed by atoms with E-state index in [2.05, 4.69) is 21.8 Å². The summed E-state index contributed by atoms with van der Waals surface area (Å²) in [5.74, 6) is 1.59. The molecule has 1 atom stereocenters. The number of hydrogen-bond acceptors (Lipinski definition) is 4. The molecule has 2 N–H and O–H groups in total. The van der Waals surface area contributed by atoms with Crippen LogP contribution in [0.2, 0.25) is 0 Å². The van der Waals surface area contributed by atoms with E-state index in [1.54, 1.807) is 0 Å². The summed E-state index contributed by atoms with van der Waals surface area (Å²) < 4.78 is 0. The largest absolute Gasteiger partial charge is 0.341 e. The Morgan fingerprint density at radius 2 is 2.33 bits per heavy atom. The third kappa shape index (κ3) is 2.26. The normalized spacial score (nSPS) is 21.0. The molecule has 1 fully saturated rings. The molecule has 15 heavy (non-hydrogen) atoms. The number of anilines is 1. The molecule has 2 rings (SSSR count). The van der Waals surface area contributed by atoms with Gasteiger partial charge in [0.15, 0.2) is 0 Å². The monoisotopic (exact) mass is 206 g/mol. The van der Waals surface area contributed by atoms with Gasteiger partial charge in [-0.05, 0) is 25.3 Å². The van der Waals surface area contributed by atoms with Gasteiger partial charge in [0.2, 0.25) is 5.95 Å². The van der Waals surface area contributed by atoms with E-state index >= 15 is 0 Å². The molecule has 1 aliphatic rings. The Morgan fingerprint density at radius 3 is 2.93 bits per heavy atom. The topological polar surface area (TPSA) is 55.0 Å². The second-order valence-electron chi connectivity index (χ2n) is 4.34. The van der Waals surface area contributed by atoms with E-state index in [-0.39, 0.29) is 0 Å². The van der Waals surface area contributed by atoms with Crippen LogP contribution < -0.4 is 10.6 Å². The fourth-order valence-corrected chi connectivity index (χ4v) is 1.98. The highest BCUT2D eigenvalue weighted by Gasteiger charge is 2.21. The van der Waals surface area contributed by atoms with Crippen LogP contribution in [-0.2, 0) is 6.54 Å². The van der Waals surface area contributed by atoms with Crippen molar-refractivity contribution in [2.75, 3.05) is 18.0 Å². The van der Waals surface area contributed by atoms with Crippen molar-refractivity contribution in [3.8, 4) is 0 Å². The zero-order valence-electron chi connectivity index (χ0n) is 9.40. The van der Waals surface area contributed by atoms with Crippen LogP contribution in [-0.4, -0.2) is 23.1 Å². The third-order valence-corrected chi connectivity index (χ3v) is 2.81. The van der Waals surface area contributed by atoms with E-state index in [1.165, 1.54) is 6.42 Å². The molecule has 1 aromatic rings. The summed E-state index contributed by atoms with van der Waals surface area (Å²) >= 11 is 0. The van der Waals surface area contributed by atoms with Gasteiger partial charge < -0.3 is 10.6 Å². The molecule has 4 heteroatoms. The van der Waals surface area contributed by atoms with Crippen molar-refractivity contribution in [3.63, 3.8) is 0 Å². The van der Waals surface area contributed by atoms with E-state index < -0.39 is 0 Å². The molecule has 82 valence electrons. The molecule has 0 amide bonds. The van der Waals surface area contributed by atoms with Crippen LogP contribution in [0.5, 0.6) is 0 Å². The average molecular weight is 206 g/mol. The molecule has 0 radical (unpaired) electrons. The summed E-state index contributed by atoms with van der Waals surface area (Å²) in [4.78, 5) is 11.2. The van der Waals surface area contributed by atoms with Gasteiger partial charge in [-0.15, -0.1) is 0 Å². The zero-order valence-corrected chi connectivity index (χ0v) is 9.40. The van der Waals surface area contributed by atoms with E-state index in [0.717, 1.165) is 36.3 Å². The quantitative estimate of drug-likeness (QED) is 0.787. The predicted molar refractivity (Wildman–Crippen MR) is 60.7 cm³/mol. The van der Waals surface area contributed by atoms with Gasteiger partial charge in [0.1, 0.15) is 0 Å². The van der Waals surface area contributed by atoms with Gasteiger partial charge in [0.05, 0.1) is 5.69 Å². The molecule has 1 saturated heterocycles. The first-order valence-electron chi connectivity index (χ1n) is 5.48. The first-order valence-corrected chi connectivity index (χ1v) is 5.48. The minimum absolute atomic E-state index is 0.486. The predicted octanol–water partition coefficient (Wildman–Crippen LogP) is 1.09. The number of aryl methyl sites for hydroxylation is 1. The number of rotatable bonds is 2. The van der Waals surface area contributed by atoms with Crippen LogP contribution in [0.25, 0.3) is 0 Å². The SMILES string of the molecule is Cc1cc(CN)nc(N2CCC(C)C2)n1. The summed E-state index contributed by atoms with van der Waals surface area (Å²) in [5.41, 5.74) is 7.53. The van der Waals surface area contributed by atoms with E-state index in [4.69, 9.17) is 5.73 Å². The molecule has 2 heterocycles. The van der Waals surface area contributed by atoms with Crippen molar-refractivity contribution in [1.82, 2.24) is 9.97 Å². The maximum atomic E-state index is 5.60. The summed E-state index contributed by atoms with van der Waals surface area (Å²) in [6, 6.07) is 1.95. The van der Waals surface area contributed by atoms with Crippen LogP contribution in [0.4, 0.5) is 5.95 Å². The van der Waals surface area contributed by atoms with E-state index in [0.29, 0.717) is 6.54 Å². The number of hydrogen-bond donors (Lipinski definition) is 1. The van der Waals surface area contributed by atoms with Gasteiger partial charge in [-0.3, -0.25) is 0 Å². The lowest BCUT2D eigenvalue weighted by molar-refractivity contribution is 0.657. The van der Waals surface area contributed by atoms with Gasteiger partial charge in [-0.25, -0.2) is 9.97 Å². The standard InChI is InChI=1S/C11H18N4/c1-8-3-4-15(7-8)11-13-9(2)5-10(6-12)14-11/h5,8H,3-4,6-7,12H2,1-2H3. The van der Waals surface area contributed by atoms with Crippen LogP contribution in [0.15, 0.2) is 6.07 Å². The maximum absolute atomic E-state index is 5.60. The molecule has 0 bridgehead atoms. The molecular weight excluding hydrogens is 188 g/mol. The Kier molecular flexibility index (Phi) is 2.86. The van der Waals surface area contributed by atoms with Crippen LogP contribution in [0, 0.1) is 12.8 Å². The first kappa shape index (κ1) is 10.4. The van der Waals surface area contributed by atoms with Crippen LogP contribution in [0.1, 0.15) is 24.7 Å². The van der Waals surface area contributed by atoms with Crippen molar-refractivity contribution in [3.05, 3.63) is 17.5 Å². The summed E-state index contributed by atoms with van der Waals surface area (Å²) in [6.07, 6.45) is 1.23. The fraction of sp³-hybridized carbons (Fsp3) is 0.636. The van der Waals surface area contributed by atoms with Gasteiger partial charge in [0.25, 0.3) is 0 Å². The molecule has 1 aromatic heterocycles. The summed E-state index contributed by atoms with van der Waals surface area (Å²) in [7, 11) is 0. The van der Waals surface area contributed by atoms with Crippen LogP contribution >= 0.6 is 0 Å². The lowest BCUT2D eigenvalue weighted by Gasteiger charge is -2.16. The zero-order chi connectivity index (χ0) is 10.8. The first-order chi connectivity index (χ1) is 7.19. The Hall–Kier alpha value is -1.16. The van der Waals surface area contributed by atoms with E-state index in [9.17, 15) is 0 Å². The van der Waals surface area contributed by atoms with Gasteiger partial charge in [-0.2, -0.15) is 0 Å². The Bertz CT molecular complexity index is 350. The molecule has 1 aliphatic heterocycles. The lowest BCUT2D eigenvalue weighted by Crippen LogP contribution is -2.22. The Labute approximate surface area is 90.5 Å². The Balaban J connectivity index is 2.24. The fourth-order valence-electron chi connectivity index (χ4n) is 1.98. The second-order valence-corrected chi connectivity index (χ2v) is 4.34. The van der Waals surface area contributed by atoms with E-state index in [1.807, 2.05) is 13.0 Å². The maximum Gasteiger partial charge on any atom is 0.225 e. The average Bonchev–Trinajstić information content (AvgIpc) is 2.64. The lowest BCUT2D eigenvalue weighted by atomic mass is 10.2. The van der Waals surface area contributed by atoms with Crippen molar-refractivity contribution >= 4 is 5.95 Å². The molecule has 0 spiro atoms. The Morgan fingerprint density at radius 1 is 1.53 bits per heavy atom. The number of nitrogens with zero attached hydrogens (tertiary/aromatic N) is 3. The molecule has 1 unspecified atom stereocenters. The highest BCUT2D eigenvalue weighted by atomic mass is 15.3. The smallest absolute Gasteiger partial charge is 0.225 e. The number of nitrogens with two attached hydrogens (primary N) is 1. The number of aromatic nitrogens is 2. The highest BCUT2D eigenvalue weighted by molar-refractivity contribution is 5.33. The summed E-state index contributed by atoms with van der Waals surface area (Å²) in [5, 5.41) is 0. The minimum atomic E-state index is 0.486. The molecule has 0 aliphatic carbocycles. The van der Waals surface area contributed by atoms with Gasteiger partial charge in [-0.1, -0.05) is 6.92 Å². The van der Waals surface area contributed by atoms with Gasteiger partial charge in [0, 0.05) is 25.3 Å². The molecule has 0 aromatic carbocycles. The molecule has 4 nitrogen and oxygen atoms in total.